The summed E-state index contributed by atoms with van der Waals surface area (Å²) < 4.78 is 13.8. The summed E-state index contributed by atoms with van der Waals surface area (Å²) in [4.78, 5) is 23.8. The number of nitrogens with one attached hydrogen (secondary N) is 1. The minimum Gasteiger partial charge on any atom is -0.481 e. The van der Waals surface area contributed by atoms with Gasteiger partial charge in [0.05, 0.1) is 17.5 Å². The molecular weight excluding hydrogens is 273 g/mol. The molecule has 0 saturated heterocycles. The lowest BCUT2D eigenvalue weighted by Crippen LogP contribution is -2.36. The molecule has 2 aliphatic rings. The Morgan fingerprint density at radius 3 is 2.52 bits per heavy atom. The molecule has 3 rings (SSSR count). The molecule has 110 valence electrons. The Morgan fingerprint density at radius 2 is 1.90 bits per heavy atom. The van der Waals surface area contributed by atoms with Crippen molar-refractivity contribution in [2.75, 3.05) is 5.32 Å². The van der Waals surface area contributed by atoms with Gasteiger partial charge in [-0.1, -0.05) is 18.2 Å². The highest BCUT2D eigenvalue weighted by molar-refractivity contribution is 5.96. The molecule has 2 unspecified atom stereocenters. The molecule has 0 radical (unpaired) electrons. The Balaban J connectivity index is 1.82. The molecule has 0 aliphatic heterocycles. The van der Waals surface area contributed by atoms with Crippen LogP contribution in [0.1, 0.15) is 12.0 Å². The van der Waals surface area contributed by atoms with Crippen molar-refractivity contribution in [1.29, 1.82) is 0 Å². The third-order valence-electron chi connectivity index (χ3n) is 4.43. The third kappa shape index (κ3) is 2.33. The van der Waals surface area contributed by atoms with Gasteiger partial charge in [-0.25, -0.2) is 4.39 Å². The number of hydrogen-bond donors (Lipinski definition) is 2. The Morgan fingerprint density at radius 1 is 1.24 bits per heavy atom. The number of carboxylic acids is 1. The Bertz CT molecular complexity index is 640. The first-order valence-electron chi connectivity index (χ1n) is 6.95. The molecule has 2 bridgehead atoms. The molecule has 1 fully saturated rings. The Hall–Kier alpha value is -2.17. The van der Waals surface area contributed by atoms with Crippen LogP contribution in [0.2, 0.25) is 0 Å². The van der Waals surface area contributed by atoms with E-state index in [0.717, 1.165) is 5.56 Å². The summed E-state index contributed by atoms with van der Waals surface area (Å²) in [6.45, 7) is 1.76. The van der Waals surface area contributed by atoms with Gasteiger partial charge < -0.3 is 10.4 Å². The maximum atomic E-state index is 13.8. The first-order chi connectivity index (χ1) is 9.97. The number of aryl methyl sites for hydroxylation is 1. The van der Waals surface area contributed by atoms with Gasteiger partial charge in [0.2, 0.25) is 5.91 Å². The highest BCUT2D eigenvalue weighted by Crippen LogP contribution is 2.48. The average molecular weight is 289 g/mol. The second-order valence-corrected chi connectivity index (χ2v) is 5.81. The molecule has 0 aromatic heterocycles. The van der Waals surface area contributed by atoms with E-state index in [4.69, 9.17) is 0 Å². The van der Waals surface area contributed by atoms with Gasteiger partial charge in [-0.05, 0) is 42.9 Å². The normalized spacial score (nSPS) is 29.6. The van der Waals surface area contributed by atoms with Crippen molar-refractivity contribution in [1.82, 2.24) is 0 Å². The van der Waals surface area contributed by atoms with Crippen molar-refractivity contribution in [3.05, 3.63) is 41.7 Å². The zero-order chi connectivity index (χ0) is 15.1. The van der Waals surface area contributed by atoms with Crippen LogP contribution in [0.15, 0.2) is 30.4 Å². The molecule has 2 N–H and O–H groups in total. The maximum absolute atomic E-state index is 13.8. The largest absolute Gasteiger partial charge is 0.481 e. The van der Waals surface area contributed by atoms with Crippen LogP contribution in [-0.4, -0.2) is 17.0 Å². The van der Waals surface area contributed by atoms with E-state index >= 15 is 0 Å². The summed E-state index contributed by atoms with van der Waals surface area (Å²) in [5.74, 6) is -3.38. The van der Waals surface area contributed by atoms with E-state index in [2.05, 4.69) is 5.32 Å². The van der Waals surface area contributed by atoms with Crippen LogP contribution in [0.5, 0.6) is 0 Å². The molecule has 1 aromatic rings. The molecule has 21 heavy (non-hydrogen) atoms. The fourth-order valence-electron chi connectivity index (χ4n) is 3.45. The molecule has 2 aliphatic carbocycles. The molecule has 4 atom stereocenters. The van der Waals surface area contributed by atoms with E-state index in [1.54, 1.807) is 13.0 Å². The van der Waals surface area contributed by atoms with Gasteiger partial charge in [-0.2, -0.15) is 0 Å². The lowest BCUT2D eigenvalue weighted by molar-refractivity contribution is -0.146. The summed E-state index contributed by atoms with van der Waals surface area (Å²) in [6, 6.07) is 4.54. The molecular formula is C16H16FNO3. The van der Waals surface area contributed by atoms with Crippen molar-refractivity contribution >= 4 is 17.6 Å². The molecule has 4 nitrogen and oxygen atoms in total. The van der Waals surface area contributed by atoms with Crippen molar-refractivity contribution in [3.8, 4) is 0 Å². The minimum atomic E-state index is -0.962. The van der Waals surface area contributed by atoms with Crippen LogP contribution in [0.3, 0.4) is 0 Å². The number of aliphatic carboxylic acids is 1. The van der Waals surface area contributed by atoms with Gasteiger partial charge >= 0.3 is 5.97 Å². The number of benzene rings is 1. The van der Waals surface area contributed by atoms with Crippen LogP contribution in [0.25, 0.3) is 0 Å². The van der Waals surface area contributed by atoms with Gasteiger partial charge in [0.15, 0.2) is 0 Å². The predicted molar refractivity (Wildman–Crippen MR) is 75.1 cm³/mol. The lowest BCUT2D eigenvalue weighted by atomic mass is 9.82. The predicted octanol–water partition coefficient (Wildman–Crippen LogP) is 2.60. The topological polar surface area (TPSA) is 66.4 Å². The highest BCUT2D eigenvalue weighted by Gasteiger charge is 2.51. The zero-order valence-electron chi connectivity index (χ0n) is 11.5. The van der Waals surface area contributed by atoms with Gasteiger partial charge in [-0.15, -0.1) is 0 Å². The Kier molecular flexibility index (Phi) is 3.27. The number of amides is 1. The first-order valence-corrected chi connectivity index (χ1v) is 6.95. The number of carboxylic acid groups (broad SMARTS) is 1. The van der Waals surface area contributed by atoms with Crippen molar-refractivity contribution < 1.29 is 19.1 Å². The fraction of sp³-hybridized carbons (Fsp3) is 0.375. The van der Waals surface area contributed by atoms with Crippen LogP contribution >= 0.6 is 0 Å². The summed E-state index contributed by atoms with van der Waals surface area (Å²) >= 11 is 0. The van der Waals surface area contributed by atoms with Crippen LogP contribution in [-0.2, 0) is 9.59 Å². The van der Waals surface area contributed by atoms with E-state index in [-0.39, 0.29) is 17.5 Å². The molecule has 1 saturated carbocycles. The summed E-state index contributed by atoms with van der Waals surface area (Å²) in [7, 11) is 0. The second-order valence-electron chi connectivity index (χ2n) is 5.81. The third-order valence-corrected chi connectivity index (χ3v) is 4.43. The summed E-state index contributed by atoms with van der Waals surface area (Å²) in [5, 5.41) is 11.9. The first kappa shape index (κ1) is 13.8. The van der Waals surface area contributed by atoms with E-state index < -0.39 is 29.5 Å². The number of fused-ring (bicyclic) bond motifs is 2. The SMILES string of the molecule is Cc1ccc(NC(=O)[C@H]2C3C=CC(C3)[C@H]2C(=O)O)c(F)c1. The standard InChI is InChI=1S/C16H16FNO3/c1-8-2-5-12(11(17)6-8)18-15(19)13-9-3-4-10(7-9)14(13)16(20)21/h2-6,9-10,13-14H,7H2,1H3,(H,18,19)(H,20,21)/t9?,10?,13-,14+/m0/s1. The van der Waals surface area contributed by atoms with Gasteiger partial charge in [-0.3, -0.25) is 9.59 Å². The van der Waals surface area contributed by atoms with E-state index in [9.17, 15) is 19.1 Å². The van der Waals surface area contributed by atoms with E-state index in [1.807, 2.05) is 12.2 Å². The number of rotatable bonds is 3. The maximum Gasteiger partial charge on any atom is 0.307 e. The van der Waals surface area contributed by atoms with Crippen molar-refractivity contribution in [3.63, 3.8) is 0 Å². The lowest BCUT2D eigenvalue weighted by Gasteiger charge is -2.24. The second kappa shape index (κ2) is 4.98. The molecule has 0 heterocycles. The molecule has 0 spiro atoms. The molecule has 5 heteroatoms. The number of allylic oxidation sites excluding steroid dienone is 2. The Labute approximate surface area is 121 Å². The average Bonchev–Trinajstić information content (AvgIpc) is 3.02. The van der Waals surface area contributed by atoms with Crippen molar-refractivity contribution in [2.45, 2.75) is 13.3 Å². The minimum absolute atomic E-state index is 0.0652. The zero-order valence-corrected chi connectivity index (χ0v) is 11.5. The van der Waals surface area contributed by atoms with Crippen LogP contribution in [0.4, 0.5) is 10.1 Å². The van der Waals surface area contributed by atoms with Crippen molar-refractivity contribution in [2.24, 2.45) is 23.7 Å². The molecule has 1 amide bonds. The van der Waals surface area contributed by atoms with Gasteiger partial charge in [0, 0.05) is 0 Å². The highest BCUT2D eigenvalue weighted by atomic mass is 19.1. The molecule has 1 aromatic carbocycles. The van der Waals surface area contributed by atoms with Gasteiger partial charge in [0.1, 0.15) is 5.82 Å². The monoisotopic (exact) mass is 289 g/mol. The number of halogens is 1. The fourth-order valence-corrected chi connectivity index (χ4v) is 3.45. The number of carbonyl (C=O) groups excluding carboxylic acids is 1. The quantitative estimate of drug-likeness (QED) is 0.841. The number of hydrogen-bond acceptors (Lipinski definition) is 2. The smallest absolute Gasteiger partial charge is 0.307 e. The van der Waals surface area contributed by atoms with Crippen LogP contribution < -0.4 is 5.32 Å². The number of anilines is 1. The van der Waals surface area contributed by atoms with E-state index in [0.29, 0.717) is 6.42 Å². The number of carbonyl (C=O) groups is 2. The van der Waals surface area contributed by atoms with Crippen LogP contribution in [0, 0.1) is 36.4 Å². The van der Waals surface area contributed by atoms with E-state index in [1.165, 1.54) is 12.1 Å². The summed E-state index contributed by atoms with van der Waals surface area (Å²) in [5.41, 5.74) is 0.859. The summed E-state index contributed by atoms with van der Waals surface area (Å²) in [6.07, 6.45) is 4.46. The van der Waals surface area contributed by atoms with Gasteiger partial charge in [0.25, 0.3) is 0 Å².